The van der Waals surface area contributed by atoms with E-state index in [2.05, 4.69) is 9.72 Å². The lowest BCUT2D eigenvalue weighted by molar-refractivity contribution is 0.369. The van der Waals surface area contributed by atoms with Crippen LogP contribution < -0.4 is 4.74 Å². The molecule has 0 atom stereocenters. The summed E-state index contributed by atoms with van der Waals surface area (Å²) in [6, 6.07) is 0. The SMILES string of the molecule is COc1nc2c(F)c(F)c(F)c(F)c2c(Cl)c1F. The fraction of sp³-hybridized carbons (Fsp3) is 0.100. The highest BCUT2D eigenvalue weighted by Crippen LogP contribution is 2.35. The normalized spacial score (nSPS) is 11.1. The number of aromatic nitrogens is 1. The van der Waals surface area contributed by atoms with E-state index in [1.54, 1.807) is 0 Å². The van der Waals surface area contributed by atoms with Gasteiger partial charge in [0, 0.05) is 0 Å². The molecule has 96 valence electrons. The molecule has 2 aromatic rings. The Labute approximate surface area is 102 Å². The van der Waals surface area contributed by atoms with Gasteiger partial charge in [0.25, 0.3) is 5.88 Å². The van der Waals surface area contributed by atoms with Gasteiger partial charge in [-0.1, -0.05) is 11.6 Å². The number of hydrogen-bond donors (Lipinski definition) is 0. The second-order valence-corrected chi connectivity index (χ2v) is 3.61. The standard InChI is InChI=1S/C10H3ClF5NO/c1-18-10-5(13)3(11)2-4(12)6(14)7(15)8(16)9(2)17-10/h1H3. The highest BCUT2D eigenvalue weighted by atomic mass is 35.5. The molecule has 2 rings (SSSR count). The van der Waals surface area contributed by atoms with E-state index in [9.17, 15) is 22.0 Å². The van der Waals surface area contributed by atoms with E-state index in [1.807, 2.05) is 0 Å². The number of halogens is 6. The van der Waals surface area contributed by atoms with Crippen LogP contribution in [0.3, 0.4) is 0 Å². The Kier molecular flexibility index (Phi) is 3.02. The fourth-order valence-corrected chi connectivity index (χ4v) is 1.67. The number of hydrogen-bond acceptors (Lipinski definition) is 2. The summed E-state index contributed by atoms with van der Waals surface area (Å²) in [5.74, 6) is -9.79. The second kappa shape index (κ2) is 4.24. The zero-order valence-electron chi connectivity index (χ0n) is 8.62. The van der Waals surface area contributed by atoms with Crippen LogP contribution in [-0.2, 0) is 0 Å². The van der Waals surface area contributed by atoms with Crippen LogP contribution in [0.5, 0.6) is 5.88 Å². The predicted molar refractivity (Wildman–Crippen MR) is 53.1 cm³/mol. The van der Waals surface area contributed by atoms with Crippen LogP contribution in [0.4, 0.5) is 22.0 Å². The van der Waals surface area contributed by atoms with E-state index in [1.165, 1.54) is 0 Å². The summed E-state index contributed by atoms with van der Waals surface area (Å²) in [5.41, 5.74) is -0.949. The van der Waals surface area contributed by atoms with Crippen molar-refractivity contribution in [2.45, 2.75) is 0 Å². The average Bonchev–Trinajstić information content (AvgIpc) is 2.36. The third kappa shape index (κ3) is 1.58. The van der Waals surface area contributed by atoms with Gasteiger partial charge in [0.05, 0.1) is 17.5 Å². The topological polar surface area (TPSA) is 22.1 Å². The molecule has 0 amide bonds. The monoisotopic (exact) mass is 283 g/mol. The molecule has 0 fully saturated rings. The number of methoxy groups -OCH3 is 1. The van der Waals surface area contributed by atoms with E-state index in [0.717, 1.165) is 7.11 Å². The summed E-state index contributed by atoms with van der Waals surface area (Å²) < 4.78 is 70.6. The van der Waals surface area contributed by atoms with Crippen LogP contribution >= 0.6 is 11.6 Å². The molecule has 2 nitrogen and oxygen atoms in total. The minimum absolute atomic E-state index is 0.753. The molecule has 0 aliphatic carbocycles. The lowest BCUT2D eigenvalue weighted by Gasteiger charge is -2.09. The van der Waals surface area contributed by atoms with Gasteiger partial charge in [-0.05, 0) is 0 Å². The van der Waals surface area contributed by atoms with Crippen molar-refractivity contribution in [1.29, 1.82) is 0 Å². The Balaban J connectivity index is 3.07. The zero-order chi connectivity index (χ0) is 13.6. The Morgan fingerprint density at radius 1 is 0.889 bits per heavy atom. The van der Waals surface area contributed by atoms with Crippen molar-refractivity contribution in [1.82, 2.24) is 4.98 Å². The summed E-state index contributed by atoms with van der Waals surface area (Å²) in [5, 5.41) is -1.92. The van der Waals surface area contributed by atoms with E-state index < -0.39 is 50.9 Å². The van der Waals surface area contributed by atoms with Crippen molar-refractivity contribution >= 4 is 22.5 Å². The molecule has 0 radical (unpaired) electrons. The molecule has 18 heavy (non-hydrogen) atoms. The van der Waals surface area contributed by atoms with Gasteiger partial charge in [-0.2, -0.15) is 4.39 Å². The molecule has 1 aromatic carbocycles. The Hall–Kier alpha value is -1.63. The maximum absolute atomic E-state index is 13.5. The van der Waals surface area contributed by atoms with Crippen LogP contribution in [0.1, 0.15) is 0 Å². The van der Waals surface area contributed by atoms with Gasteiger partial charge in [0.15, 0.2) is 23.3 Å². The molecule has 1 aromatic heterocycles. The maximum atomic E-state index is 13.5. The Morgan fingerprint density at radius 2 is 1.44 bits per heavy atom. The lowest BCUT2D eigenvalue weighted by Crippen LogP contribution is -2.03. The van der Waals surface area contributed by atoms with Crippen molar-refractivity contribution < 1.29 is 26.7 Å². The van der Waals surface area contributed by atoms with Crippen LogP contribution in [0, 0.1) is 29.1 Å². The third-order valence-electron chi connectivity index (χ3n) is 2.25. The summed E-state index contributed by atoms with van der Waals surface area (Å²) in [6.45, 7) is 0. The molecule has 0 saturated heterocycles. The summed E-state index contributed by atoms with van der Waals surface area (Å²) >= 11 is 5.42. The van der Waals surface area contributed by atoms with Crippen LogP contribution in [0.25, 0.3) is 10.9 Å². The minimum Gasteiger partial charge on any atom is -0.479 e. The molecule has 0 aliphatic rings. The predicted octanol–water partition coefficient (Wildman–Crippen LogP) is 3.59. The van der Waals surface area contributed by atoms with Gasteiger partial charge >= 0.3 is 0 Å². The first-order valence-corrected chi connectivity index (χ1v) is 4.82. The van der Waals surface area contributed by atoms with E-state index in [-0.39, 0.29) is 0 Å². The molecule has 8 heteroatoms. The van der Waals surface area contributed by atoms with Crippen molar-refractivity contribution in [3.05, 3.63) is 34.1 Å². The largest absolute Gasteiger partial charge is 0.479 e. The maximum Gasteiger partial charge on any atom is 0.252 e. The molecule has 1 heterocycles. The fourth-order valence-electron chi connectivity index (χ4n) is 1.41. The number of rotatable bonds is 1. The Morgan fingerprint density at radius 3 is 2.00 bits per heavy atom. The summed E-state index contributed by atoms with van der Waals surface area (Å²) in [6.07, 6.45) is 0. The quantitative estimate of drug-likeness (QED) is 0.453. The molecule has 0 spiro atoms. The van der Waals surface area contributed by atoms with Gasteiger partial charge < -0.3 is 4.74 Å². The van der Waals surface area contributed by atoms with Gasteiger partial charge in [-0.25, -0.2) is 22.5 Å². The third-order valence-corrected chi connectivity index (χ3v) is 2.60. The highest BCUT2D eigenvalue weighted by Gasteiger charge is 2.26. The molecule has 0 unspecified atom stereocenters. The van der Waals surface area contributed by atoms with E-state index >= 15 is 0 Å². The van der Waals surface area contributed by atoms with Gasteiger partial charge in [-0.3, -0.25) is 0 Å². The van der Waals surface area contributed by atoms with Crippen molar-refractivity contribution in [2.24, 2.45) is 0 Å². The average molecular weight is 284 g/mol. The van der Waals surface area contributed by atoms with E-state index in [4.69, 9.17) is 11.6 Å². The summed E-state index contributed by atoms with van der Waals surface area (Å²) in [4.78, 5) is 3.21. The van der Waals surface area contributed by atoms with Crippen molar-refractivity contribution in [2.75, 3.05) is 7.11 Å². The first-order valence-electron chi connectivity index (χ1n) is 4.44. The van der Waals surface area contributed by atoms with Gasteiger partial charge in [0.1, 0.15) is 5.52 Å². The number of benzene rings is 1. The minimum atomic E-state index is -2.09. The lowest BCUT2D eigenvalue weighted by atomic mass is 10.1. The van der Waals surface area contributed by atoms with E-state index in [0.29, 0.717) is 0 Å². The Bertz CT molecular complexity index is 661. The first kappa shape index (κ1) is 12.8. The molecule has 0 saturated carbocycles. The van der Waals surface area contributed by atoms with Gasteiger partial charge in [-0.15, -0.1) is 0 Å². The number of nitrogens with zero attached hydrogens (tertiary/aromatic N) is 1. The van der Waals surface area contributed by atoms with Gasteiger partial charge in [0.2, 0.25) is 5.82 Å². The van der Waals surface area contributed by atoms with Crippen molar-refractivity contribution in [3.8, 4) is 5.88 Å². The first-order chi connectivity index (χ1) is 8.40. The highest BCUT2D eigenvalue weighted by molar-refractivity contribution is 6.35. The molecule has 0 bridgehead atoms. The number of ether oxygens (including phenoxy) is 1. The smallest absolute Gasteiger partial charge is 0.252 e. The van der Waals surface area contributed by atoms with Crippen LogP contribution in [-0.4, -0.2) is 12.1 Å². The van der Waals surface area contributed by atoms with Crippen molar-refractivity contribution in [3.63, 3.8) is 0 Å². The number of fused-ring (bicyclic) bond motifs is 1. The van der Waals surface area contributed by atoms with Crippen LogP contribution in [0.2, 0.25) is 5.02 Å². The van der Waals surface area contributed by atoms with Crippen LogP contribution in [0.15, 0.2) is 0 Å². The second-order valence-electron chi connectivity index (χ2n) is 3.23. The number of pyridine rings is 1. The molecular formula is C10H3ClF5NO. The molecule has 0 N–H and O–H groups in total. The summed E-state index contributed by atoms with van der Waals surface area (Å²) in [7, 11) is 1.00. The molecular weight excluding hydrogens is 281 g/mol. The zero-order valence-corrected chi connectivity index (χ0v) is 9.38. The molecule has 0 aliphatic heterocycles.